The summed E-state index contributed by atoms with van der Waals surface area (Å²) in [6, 6.07) is 10.1. The highest BCUT2D eigenvalue weighted by atomic mass is 16.3. The van der Waals surface area contributed by atoms with E-state index in [1.54, 1.807) is 0 Å². The van der Waals surface area contributed by atoms with Crippen molar-refractivity contribution in [3.05, 3.63) is 35.9 Å². The largest absolute Gasteiger partial charge is 0.388 e. The van der Waals surface area contributed by atoms with Crippen LogP contribution in [0.5, 0.6) is 0 Å². The topological polar surface area (TPSA) is 43.8 Å². The second kappa shape index (κ2) is 6.73. The van der Waals surface area contributed by atoms with Crippen molar-refractivity contribution in [2.75, 3.05) is 26.2 Å². The quantitative estimate of drug-likeness (QED) is 0.919. The van der Waals surface area contributed by atoms with E-state index in [-0.39, 0.29) is 5.91 Å². The molecule has 2 atom stereocenters. The molecule has 3 fully saturated rings. The zero-order valence-electron chi connectivity index (χ0n) is 15.2. The molecule has 1 aromatic carbocycles. The summed E-state index contributed by atoms with van der Waals surface area (Å²) in [7, 11) is 0. The van der Waals surface area contributed by atoms with Gasteiger partial charge in [-0.1, -0.05) is 31.5 Å². The number of piperidine rings is 1. The smallest absolute Gasteiger partial charge is 0.253 e. The van der Waals surface area contributed by atoms with Crippen LogP contribution in [0.2, 0.25) is 0 Å². The van der Waals surface area contributed by atoms with Gasteiger partial charge in [-0.25, -0.2) is 0 Å². The van der Waals surface area contributed by atoms with Gasteiger partial charge in [0.05, 0.1) is 5.60 Å². The van der Waals surface area contributed by atoms with E-state index in [0.29, 0.717) is 17.9 Å². The summed E-state index contributed by atoms with van der Waals surface area (Å²) < 4.78 is 0. The lowest BCUT2D eigenvalue weighted by molar-refractivity contribution is -0.0692. The molecule has 0 aromatic heterocycles. The molecule has 2 heterocycles. The van der Waals surface area contributed by atoms with Crippen molar-refractivity contribution in [3.8, 4) is 0 Å². The van der Waals surface area contributed by atoms with Crippen molar-refractivity contribution in [3.63, 3.8) is 0 Å². The molecule has 0 spiro atoms. The first-order valence-corrected chi connectivity index (χ1v) is 9.88. The van der Waals surface area contributed by atoms with Crippen LogP contribution in [0.25, 0.3) is 0 Å². The minimum absolute atomic E-state index is 0.153. The lowest BCUT2D eigenvalue weighted by atomic mass is 9.69. The van der Waals surface area contributed by atoms with Crippen LogP contribution in [0.1, 0.15) is 49.4 Å². The third-order valence-electron chi connectivity index (χ3n) is 6.92. The van der Waals surface area contributed by atoms with Crippen LogP contribution in [0, 0.1) is 11.8 Å². The van der Waals surface area contributed by atoms with Crippen molar-refractivity contribution in [2.24, 2.45) is 11.8 Å². The molecular formula is C21H30N2O2. The number of β-amino-alcohol motifs (C(OH)–C–C–N with tert-alkyl or cyclic N) is 1. The minimum atomic E-state index is -0.477. The van der Waals surface area contributed by atoms with Crippen LogP contribution < -0.4 is 0 Å². The van der Waals surface area contributed by atoms with Crippen molar-refractivity contribution in [1.82, 2.24) is 9.80 Å². The normalized spacial score (nSPS) is 31.9. The van der Waals surface area contributed by atoms with Gasteiger partial charge in [-0.2, -0.15) is 0 Å². The Labute approximate surface area is 150 Å². The van der Waals surface area contributed by atoms with Crippen molar-refractivity contribution in [2.45, 2.75) is 50.7 Å². The summed E-state index contributed by atoms with van der Waals surface area (Å²) >= 11 is 0. The number of aliphatic hydroxyl groups is 1. The van der Waals surface area contributed by atoms with Crippen LogP contribution in [0.15, 0.2) is 30.3 Å². The first-order chi connectivity index (χ1) is 12.1. The third-order valence-corrected chi connectivity index (χ3v) is 6.92. The molecule has 2 saturated heterocycles. The zero-order valence-corrected chi connectivity index (χ0v) is 15.2. The maximum atomic E-state index is 12.6. The van der Waals surface area contributed by atoms with Crippen molar-refractivity contribution < 1.29 is 9.90 Å². The van der Waals surface area contributed by atoms with Gasteiger partial charge >= 0.3 is 0 Å². The van der Waals surface area contributed by atoms with E-state index < -0.39 is 5.60 Å². The molecule has 1 amide bonds. The van der Waals surface area contributed by atoms with Gasteiger partial charge in [0, 0.05) is 37.8 Å². The standard InChI is InChI=1S/C21H30N2O2/c1-16-14-23(15-21(16,25)18-8-5-9-18)19-10-12-22(13-11-19)20(24)17-6-3-2-4-7-17/h2-4,6-7,16,18-19,25H,5,8-15H2,1H3/t16-,21+/m1/s1. The number of rotatable bonds is 3. The van der Waals surface area contributed by atoms with Crippen LogP contribution in [-0.2, 0) is 0 Å². The summed E-state index contributed by atoms with van der Waals surface area (Å²) in [4.78, 5) is 17.1. The van der Waals surface area contributed by atoms with Crippen LogP contribution in [0.3, 0.4) is 0 Å². The van der Waals surface area contributed by atoms with Gasteiger partial charge in [0.15, 0.2) is 0 Å². The molecule has 4 rings (SSSR count). The van der Waals surface area contributed by atoms with E-state index in [2.05, 4.69) is 11.8 Å². The number of benzene rings is 1. The molecule has 136 valence electrons. The lowest BCUT2D eigenvalue weighted by Crippen LogP contribution is -2.50. The fourth-order valence-electron chi connectivity index (χ4n) is 4.97. The molecule has 2 aliphatic heterocycles. The second-order valence-corrected chi connectivity index (χ2v) is 8.34. The molecule has 4 heteroatoms. The number of carbonyl (C=O) groups is 1. The van der Waals surface area contributed by atoms with Gasteiger partial charge in [0.1, 0.15) is 0 Å². The summed E-state index contributed by atoms with van der Waals surface area (Å²) in [6.07, 6.45) is 5.70. The first kappa shape index (κ1) is 17.0. The summed E-state index contributed by atoms with van der Waals surface area (Å²) in [6.45, 7) is 5.70. The molecule has 0 unspecified atom stereocenters. The van der Waals surface area contributed by atoms with Gasteiger partial charge in [-0.3, -0.25) is 9.69 Å². The average Bonchev–Trinajstić information content (AvgIpc) is 2.89. The summed E-state index contributed by atoms with van der Waals surface area (Å²) in [5, 5.41) is 11.2. The van der Waals surface area contributed by atoms with Crippen LogP contribution >= 0.6 is 0 Å². The molecule has 4 nitrogen and oxygen atoms in total. The Kier molecular flexibility index (Phi) is 4.59. The molecule has 3 aliphatic rings. The number of nitrogens with zero attached hydrogens (tertiary/aromatic N) is 2. The SMILES string of the molecule is C[C@@H]1CN(C2CCN(C(=O)c3ccccc3)CC2)C[C@@]1(O)C1CCC1. The number of amides is 1. The Hall–Kier alpha value is -1.39. The zero-order chi connectivity index (χ0) is 17.4. The Balaban J connectivity index is 1.34. The highest BCUT2D eigenvalue weighted by Gasteiger charge is 2.51. The van der Waals surface area contributed by atoms with E-state index in [9.17, 15) is 9.90 Å². The van der Waals surface area contributed by atoms with Gasteiger partial charge in [-0.15, -0.1) is 0 Å². The van der Waals surface area contributed by atoms with Crippen LogP contribution in [0.4, 0.5) is 0 Å². The van der Waals surface area contributed by atoms with Crippen molar-refractivity contribution in [1.29, 1.82) is 0 Å². The Bertz CT molecular complexity index is 608. The predicted octanol–water partition coefficient (Wildman–Crippen LogP) is 2.77. The monoisotopic (exact) mass is 342 g/mol. The van der Waals surface area contributed by atoms with Gasteiger partial charge < -0.3 is 10.0 Å². The maximum absolute atomic E-state index is 12.6. The number of hydrogen-bond acceptors (Lipinski definition) is 3. The average molecular weight is 342 g/mol. The molecular weight excluding hydrogens is 312 g/mol. The van der Waals surface area contributed by atoms with E-state index >= 15 is 0 Å². The minimum Gasteiger partial charge on any atom is -0.388 e. The van der Waals surface area contributed by atoms with Crippen LogP contribution in [-0.4, -0.2) is 58.6 Å². The van der Waals surface area contributed by atoms with E-state index in [0.717, 1.165) is 44.6 Å². The number of likely N-dealkylation sites (tertiary alicyclic amines) is 2. The van der Waals surface area contributed by atoms with E-state index in [1.165, 1.54) is 19.3 Å². The highest BCUT2D eigenvalue weighted by molar-refractivity contribution is 5.94. The fourth-order valence-corrected chi connectivity index (χ4v) is 4.97. The Morgan fingerprint density at radius 2 is 1.80 bits per heavy atom. The Morgan fingerprint density at radius 1 is 1.12 bits per heavy atom. The first-order valence-electron chi connectivity index (χ1n) is 9.88. The van der Waals surface area contributed by atoms with Crippen molar-refractivity contribution >= 4 is 5.91 Å². The second-order valence-electron chi connectivity index (χ2n) is 8.34. The highest BCUT2D eigenvalue weighted by Crippen LogP contribution is 2.45. The van der Waals surface area contributed by atoms with Gasteiger partial charge in [0.2, 0.25) is 0 Å². The summed E-state index contributed by atoms with van der Waals surface area (Å²) in [5.41, 5.74) is 0.310. The van der Waals surface area contributed by atoms with E-state index in [1.807, 2.05) is 35.2 Å². The summed E-state index contributed by atoms with van der Waals surface area (Å²) in [5.74, 6) is 1.02. The predicted molar refractivity (Wildman–Crippen MR) is 98.4 cm³/mol. The molecule has 1 N–H and O–H groups in total. The molecule has 25 heavy (non-hydrogen) atoms. The molecule has 1 aliphatic carbocycles. The lowest BCUT2D eigenvalue weighted by Gasteiger charge is -2.42. The van der Waals surface area contributed by atoms with Gasteiger partial charge in [-0.05, 0) is 49.7 Å². The molecule has 0 bridgehead atoms. The van der Waals surface area contributed by atoms with Gasteiger partial charge in [0.25, 0.3) is 5.91 Å². The third kappa shape index (κ3) is 3.11. The fraction of sp³-hybridized carbons (Fsp3) is 0.667. The molecule has 0 radical (unpaired) electrons. The molecule has 1 saturated carbocycles. The van der Waals surface area contributed by atoms with E-state index in [4.69, 9.17) is 0 Å². The number of carbonyl (C=O) groups excluding carboxylic acids is 1. The maximum Gasteiger partial charge on any atom is 0.253 e. The molecule has 1 aromatic rings. The number of hydrogen-bond donors (Lipinski definition) is 1. The Morgan fingerprint density at radius 3 is 2.40 bits per heavy atom.